The summed E-state index contributed by atoms with van der Waals surface area (Å²) in [5, 5.41) is 14.7. The third-order valence-corrected chi connectivity index (χ3v) is 5.42. The number of nitrogens with zero attached hydrogens (tertiary/aromatic N) is 3. The molecule has 2 aromatic heterocycles. The van der Waals surface area contributed by atoms with Crippen molar-refractivity contribution in [2.75, 3.05) is 0 Å². The molecule has 1 N–H and O–H groups in total. The molecule has 2 aromatic carbocycles. The first-order chi connectivity index (χ1) is 15.3. The number of benzene rings is 2. The van der Waals surface area contributed by atoms with Crippen molar-refractivity contribution >= 4 is 28.5 Å². The summed E-state index contributed by atoms with van der Waals surface area (Å²) in [6.45, 7) is 3.88. The summed E-state index contributed by atoms with van der Waals surface area (Å²) in [6, 6.07) is 11.3. The number of aryl methyl sites for hydroxylation is 2. The van der Waals surface area contributed by atoms with Crippen LogP contribution in [0.3, 0.4) is 0 Å². The molecule has 0 bridgehead atoms. The van der Waals surface area contributed by atoms with Crippen LogP contribution >= 0.6 is 11.6 Å². The Morgan fingerprint density at radius 2 is 2.09 bits per heavy atom. The Hall–Kier alpha value is -3.32. The van der Waals surface area contributed by atoms with Crippen LogP contribution in [0.1, 0.15) is 32.3 Å². The summed E-state index contributed by atoms with van der Waals surface area (Å²) < 4.78 is 13.2. The van der Waals surface area contributed by atoms with E-state index in [1.54, 1.807) is 12.1 Å². The molecule has 8 heteroatoms. The maximum Gasteiger partial charge on any atom is 0.303 e. The number of aliphatic carboxylic acids is 1. The van der Waals surface area contributed by atoms with E-state index >= 15 is 0 Å². The molecule has 0 fully saturated rings. The summed E-state index contributed by atoms with van der Waals surface area (Å²) in [4.78, 5) is 15.5. The predicted molar refractivity (Wildman–Crippen MR) is 123 cm³/mol. The van der Waals surface area contributed by atoms with Gasteiger partial charge in [-0.05, 0) is 56.5 Å². The van der Waals surface area contributed by atoms with E-state index < -0.39 is 5.97 Å². The lowest BCUT2D eigenvalue weighted by molar-refractivity contribution is -0.137. The zero-order chi connectivity index (χ0) is 22.8. The normalized spacial score (nSPS) is 11.4. The smallest absolute Gasteiger partial charge is 0.303 e. The number of hydrogen-bond donors (Lipinski definition) is 1. The molecule has 2 heterocycles. The van der Waals surface area contributed by atoms with Crippen molar-refractivity contribution in [3.63, 3.8) is 0 Å². The van der Waals surface area contributed by atoms with Crippen molar-refractivity contribution in [1.29, 1.82) is 0 Å². The predicted octanol–water partition coefficient (Wildman–Crippen LogP) is 5.74. The Labute approximate surface area is 190 Å². The molecular weight excluding hydrogens is 430 g/mol. The SMILES string of the molecule is CC(C)Oc1ccc(-c2nc(-c3cccc4c(CCCC(=O)O)cn(C)c34)no2)cc1Cl. The molecule has 0 aliphatic carbocycles. The molecule has 0 radical (unpaired) electrons. The van der Waals surface area contributed by atoms with Crippen LogP contribution in [0.15, 0.2) is 47.1 Å². The largest absolute Gasteiger partial charge is 0.489 e. The molecule has 166 valence electrons. The van der Waals surface area contributed by atoms with E-state index in [-0.39, 0.29) is 12.5 Å². The topological polar surface area (TPSA) is 90.4 Å². The van der Waals surface area contributed by atoms with Gasteiger partial charge in [-0.3, -0.25) is 4.79 Å². The van der Waals surface area contributed by atoms with Gasteiger partial charge in [0.25, 0.3) is 5.89 Å². The van der Waals surface area contributed by atoms with E-state index in [2.05, 4.69) is 10.1 Å². The minimum absolute atomic E-state index is 0.0214. The molecule has 0 saturated heterocycles. The first-order valence-corrected chi connectivity index (χ1v) is 10.8. The van der Waals surface area contributed by atoms with Crippen LogP contribution in [0.2, 0.25) is 5.02 Å². The van der Waals surface area contributed by atoms with Gasteiger partial charge in [-0.25, -0.2) is 0 Å². The first-order valence-electron chi connectivity index (χ1n) is 10.4. The summed E-state index contributed by atoms with van der Waals surface area (Å²) in [5.74, 6) is 0.664. The van der Waals surface area contributed by atoms with Gasteiger partial charge < -0.3 is 18.9 Å². The van der Waals surface area contributed by atoms with Gasteiger partial charge in [0.2, 0.25) is 5.82 Å². The van der Waals surface area contributed by atoms with Gasteiger partial charge in [0.05, 0.1) is 16.6 Å². The molecule has 32 heavy (non-hydrogen) atoms. The lowest BCUT2D eigenvalue weighted by Crippen LogP contribution is -2.05. The molecule has 0 saturated carbocycles. The quantitative estimate of drug-likeness (QED) is 0.365. The van der Waals surface area contributed by atoms with E-state index in [1.165, 1.54) is 0 Å². The van der Waals surface area contributed by atoms with Crippen LogP contribution in [-0.2, 0) is 18.3 Å². The highest BCUT2D eigenvalue weighted by Gasteiger charge is 2.18. The van der Waals surface area contributed by atoms with Crippen molar-refractivity contribution in [2.45, 2.75) is 39.2 Å². The Balaban J connectivity index is 1.66. The van der Waals surface area contributed by atoms with Gasteiger partial charge in [-0.1, -0.05) is 28.9 Å². The van der Waals surface area contributed by atoms with E-state index in [4.69, 9.17) is 26.0 Å². The number of rotatable bonds is 8. The average molecular weight is 454 g/mol. The fourth-order valence-electron chi connectivity index (χ4n) is 3.79. The lowest BCUT2D eigenvalue weighted by atomic mass is 10.0. The van der Waals surface area contributed by atoms with Gasteiger partial charge in [0, 0.05) is 36.2 Å². The number of para-hydroxylation sites is 1. The Kier molecular flexibility index (Phi) is 6.19. The molecule has 0 aliphatic heterocycles. The van der Waals surface area contributed by atoms with Crippen LogP contribution in [0, 0.1) is 0 Å². The second kappa shape index (κ2) is 9.04. The zero-order valence-electron chi connectivity index (χ0n) is 18.1. The number of carbonyl (C=O) groups is 1. The van der Waals surface area contributed by atoms with Crippen LogP contribution in [-0.4, -0.2) is 31.9 Å². The van der Waals surface area contributed by atoms with Gasteiger partial charge in [0.1, 0.15) is 5.75 Å². The highest BCUT2D eigenvalue weighted by molar-refractivity contribution is 6.32. The lowest BCUT2D eigenvalue weighted by Gasteiger charge is -2.11. The highest BCUT2D eigenvalue weighted by Crippen LogP contribution is 2.34. The molecule has 0 unspecified atom stereocenters. The van der Waals surface area contributed by atoms with E-state index in [0.717, 1.165) is 22.0 Å². The van der Waals surface area contributed by atoms with E-state index in [0.29, 0.717) is 40.9 Å². The molecule has 0 spiro atoms. The van der Waals surface area contributed by atoms with Gasteiger partial charge in [-0.15, -0.1) is 0 Å². The summed E-state index contributed by atoms with van der Waals surface area (Å²) in [5.41, 5.74) is 3.62. The fourth-order valence-corrected chi connectivity index (χ4v) is 4.02. The highest BCUT2D eigenvalue weighted by atomic mass is 35.5. The summed E-state index contributed by atoms with van der Waals surface area (Å²) >= 11 is 6.36. The maximum absolute atomic E-state index is 10.9. The molecule has 7 nitrogen and oxygen atoms in total. The van der Waals surface area contributed by atoms with Crippen LogP contribution < -0.4 is 4.74 Å². The number of carboxylic acids is 1. The number of carboxylic acid groups (broad SMARTS) is 1. The standard InChI is InChI=1S/C24H24ClN3O4/c1-14(2)31-20-11-10-15(12-19(20)25)24-26-23(27-32-24)18-8-5-7-17-16(6-4-9-21(29)30)13-28(3)22(17)18/h5,7-8,10-14H,4,6,9H2,1-3H3,(H,29,30). The molecule has 0 aliphatic rings. The molecule has 4 rings (SSSR count). The van der Waals surface area contributed by atoms with Crippen molar-refractivity contribution in [2.24, 2.45) is 7.05 Å². The molecule has 0 atom stereocenters. The number of aromatic nitrogens is 3. The van der Waals surface area contributed by atoms with Crippen LogP contribution in [0.25, 0.3) is 33.7 Å². The monoisotopic (exact) mass is 453 g/mol. The van der Waals surface area contributed by atoms with Crippen LogP contribution in [0.4, 0.5) is 0 Å². The Morgan fingerprint density at radius 1 is 1.28 bits per heavy atom. The van der Waals surface area contributed by atoms with E-state index in [9.17, 15) is 4.79 Å². The molecule has 0 amide bonds. The second-order valence-corrected chi connectivity index (χ2v) is 8.36. The van der Waals surface area contributed by atoms with E-state index in [1.807, 2.05) is 55.9 Å². The number of ether oxygens (including phenoxy) is 1. The van der Waals surface area contributed by atoms with Gasteiger partial charge in [-0.2, -0.15) is 4.98 Å². The van der Waals surface area contributed by atoms with Crippen molar-refractivity contribution in [1.82, 2.24) is 14.7 Å². The van der Waals surface area contributed by atoms with Crippen molar-refractivity contribution in [3.8, 4) is 28.6 Å². The number of fused-ring (bicyclic) bond motifs is 1. The third-order valence-electron chi connectivity index (χ3n) is 5.13. The van der Waals surface area contributed by atoms with Crippen LogP contribution in [0.5, 0.6) is 5.75 Å². The second-order valence-electron chi connectivity index (χ2n) is 7.95. The minimum atomic E-state index is -0.783. The fraction of sp³-hybridized carbons (Fsp3) is 0.292. The van der Waals surface area contributed by atoms with Crippen molar-refractivity contribution < 1.29 is 19.2 Å². The van der Waals surface area contributed by atoms with Gasteiger partial charge >= 0.3 is 5.97 Å². The maximum atomic E-state index is 10.9. The Morgan fingerprint density at radius 3 is 2.81 bits per heavy atom. The van der Waals surface area contributed by atoms with Crippen molar-refractivity contribution in [3.05, 3.63) is 53.2 Å². The summed E-state index contributed by atoms with van der Waals surface area (Å²) in [7, 11) is 1.96. The first kappa shape index (κ1) is 21.9. The Bertz CT molecular complexity index is 1280. The summed E-state index contributed by atoms with van der Waals surface area (Å²) in [6.07, 6.45) is 3.47. The number of hydrogen-bond acceptors (Lipinski definition) is 5. The number of halogens is 1. The van der Waals surface area contributed by atoms with Gasteiger partial charge in [0.15, 0.2) is 0 Å². The molecule has 4 aromatic rings. The zero-order valence-corrected chi connectivity index (χ0v) is 18.9. The third kappa shape index (κ3) is 4.48. The minimum Gasteiger partial charge on any atom is -0.489 e. The average Bonchev–Trinajstić information content (AvgIpc) is 3.35. The molecular formula is C24H24ClN3O4.